The van der Waals surface area contributed by atoms with Crippen LogP contribution in [0.15, 0.2) is 42.7 Å². The molecule has 0 amide bonds. The van der Waals surface area contributed by atoms with E-state index in [0.717, 1.165) is 45.3 Å². The number of fused-ring (bicyclic) bond motifs is 1. The summed E-state index contributed by atoms with van der Waals surface area (Å²) in [6.07, 6.45) is 8.58. The Balaban J connectivity index is 1.54. The Bertz CT molecular complexity index is 718. The molecule has 2 aliphatic rings. The van der Waals surface area contributed by atoms with Gasteiger partial charge in [-0.2, -0.15) is 5.10 Å². The van der Waals surface area contributed by atoms with Gasteiger partial charge >= 0.3 is 0 Å². The van der Waals surface area contributed by atoms with Crippen molar-refractivity contribution >= 4 is 0 Å². The fourth-order valence-electron chi connectivity index (χ4n) is 4.81. The number of rotatable bonds is 6. The summed E-state index contributed by atoms with van der Waals surface area (Å²) in [5.74, 6) is 0. The largest absolute Gasteiger partial charge is 0.381 e. The van der Waals surface area contributed by atoms with Crippen LogP contribution in [0.1, 0.15) is 36.8 Å². The third kappa shape index (κ3) is 3.31. The van der Waals surface area contributed by atoms with E-state index >= 15 is 0 Å². The van der Waals surface area contributed by atoms with Gasteiger partial charge in [0.05, 0.1) is 18.2 Å². The molecule has 4 rings (SSSR count). The molecule has 5 nitrogen and oxygen atoms in total. The molecule has 0 radical (unpaired) electrons. The van der Waals surface area contributed by atoms with Gasteiger partial charge in [0.2, 0.25) is 0 Å². The van der Waals surface area contributed by atoms with E-state index in [1.165, 1.54) is 11.1 Å². The lowest BCUT2D eigenvalue weighted by molar-refractivity contribution is -0.0947. The number of hydrogen-bond donors (Lipinski definition) is 0. The maximum absolute atomic E-state index is 6.07. The Labute approximate surface area is 155 Å². The SMILES string of the molecule is CO[C@@H]1CC[C@]2(OC)CCN(Cc3ccccc3Cn3cccn3)[C@@H]2C1. The van der Waals surface area contributed by atoms with Crippen molar-refractivity contribution in [3.05, 3.63) is 53.9 Å². The topological polar surface area (TPSA) is 39.5 Å². The summed E-state index contributed by atoms with van der Waals surface area (Å²) in [6, 6.07) is 11.1. The molecular formula is C21H29N3O2. The van der Waals surface area contributed by atoms with Crippen LogP contribution in [0.2, 0.25) is 0 Å². The molecule has 2 heterocycles. The third-order valence-electron chi connectivity index (χ3n) is 6.37. The van der Waals surface area contributed by atoms with Gasteiger partial charge in [-0.1, -0.05) is 24.3 Å². The predicted octanol–water partition coefficient (Wildman–Crippen LogP) is 3.09. The molecule has 1 aromatic carbocycles. The Hall–Kier alpha value is -1.69. The van der Waals surface area contributed by atoms with Crippen LogP contribution in [-0.2, 0) is 22.6 Å². The van der Waals surface area contributed by atoms with Crippen molar-refractivity contribution in [2.75, 3.05) is 20.8 Å². The maximum Gasteiger partial charge on any atom is 0.0847 e. The van der Waals surface area contributed by atoms with E-state index in [0.29, 0.717) is 12.1 Å². The number of ether oxygens (including phenoxy) is 2. The Morgan fingerprint density at radius 3 is 2.62 bits per heavy atom. The standard InChI is InChI=1S/C21H29N3O2/c1-25-19-8-9-21(26-2)10-13-23(20(21)14-19)15-17-6-3-4-7-18(17)16-24-12-5-11-22-24/h3-7,11-12,19-20H,8-10,13-16H2,1-2H3/t19-,20-,21+/m1/s1. The highest BCUT2D eigenvalue weighted by Gasteiger charge is 2.51. The number of likely N-dealkylation sites (tertiary alicyclic amines) is 1. The minimum atomic E-state index is 0.00591. The van der Waals surface area contributed by atoms with Crippen LogP contribution < -0.4 is 0 Å². The highest BCUT2D eigenvalue weighted by Crippen LogP contribution is 2.43. The van der Waals surface area contributed by atoms with Crippen molar-refractivity contribution in [1.29, 1.82) is 0 Å². The molecule has 2 fully saturated rings. The lowest BCUT2D eigenvalue weighted by Crippen LogP contribution is -2.51. The lowest BCUT2D eigenvalue weighted by atomic mass is 9.79. The normalized spacial score (nSPS) is 29.0. The molecule has 0 N–H and O–H groups in total. The van der Waals surface area contributed by atoms with E-state index in [1.54, 1.807) is 0 Å². The van der Waals surface area contributed by atoms with Crippen molar-refractivity contribution in [1.82, 2.24) is 14.7 Å². The van der Waals surface area contributed by atoms with Crippen LogP contribution in [-0.4, -0.2) is 53.2 Å². The predicted molar refractivity (Wildman–Crippen MR) is 101 cm³/mol. The molecule has 3 atom stereocenters. The first-order chi connectivity index (χ1) is 12.7. The average molecular weight is 355 g/mol. The fraction of sp³-hybridized carbons (Fsp3) is 0.571. The molecule has 1 saturated carbocycles. The minimum Gasteiger partial charge on any atom is -0.381 e. The van der Waals surface area contributed by atoms with Gasteiger partial charge in [-0.25, -0.2) is 0 Å². The molecule has 1 saturated heterocycles. The summed E-state index contributed by atoms with van der Waals surface area (Å²) in [5.41, 5.74) is 2.73. The van der Waals surface area contributed by atoms with E-state index in [9.17, 15) is 0 Å². The summed E-state index contributed by atoms with van der Waals surface area (Å²) >= 11 is 0. The monoisotopic (exact) mass is 355 g/mol. The zero-order valence-electron chi connectivity index (χ0n) is 15.8. The second kappa shape index (κ2) is 7.51. The first-order valence-electron chi connectivity index (χ1n) is 9.60. The molecule has 2 aromatic rings. The quantitative estimate of drug-likeness (QED) is 0.798. The number of benzene rings is 1. The van der Waals surface area contributed by atoms with Crippen molar-refractivity contribution < 1.29 is 9.47 Å². The van der Waals surface area contributed by atoms with Crippen molar-refractivity contribution in [3.63, 3.8) is 0 Å². The molecular weight excluding hydrogens is 326 g/mol. The Kier molecular flexibility index (Phi) is 5.11. The third-order valence-corrected chi connectivity index (χ3v) is 6.37. The first-order valence-corrected chi connectivity index (χ1v) is 9.60. The highest BCUT2D eigenvalue weighted by atomic mass is 16.5. The fourth-order valence-corrected chi connectivity index (χ4v) is 4.81. The van der Waals surface area contributed by atoms with E-state index in [-0.39, 0.29) is 5.60 Å². The molecule has 0 unspecified atom stereocenters. The summed E-state index contributed by atoms with van der Waals surface area (Å²) in [4.78, 5) is 2.61. The van der Waals surface area contributed by atoms with Crippen LogP contribution in [0.3, 0.4) is 0 Å². The summed E-state index contributed by atoms with van der Waals surface area (Å²) in [6.45, 7) is 2.87. The summed E-state index contributed by atoms with van der Waals surface area (Å²) < 4.78 is 13.7. The smallest absolute Gasteiger partial charge is 0.0847 e. The zero-order chi connectivity index (χ0) is 18.0. The molecule has 140 valence electrons. The molecule has 26 heavy (non-hydrogen) atoms. The number of methoxy groups -OCH3 is 2. The van der Waals surface area contributed by atoms with Crippen LogP contribution in [0.4, 0.5) is 0 Å². The summed E-state index contributed by atoms with van der Waals surface area (Å²) in [7, 11) is 3.72. The van der Waals surface area contributed by atoms with Gasteiger partial charge in [0.25, 0.3) is 0 Å². The van der Waals surface area contributed by atoms with Gasteiger partial charge in [-0.3, -0.25) is 9.58 Å². The van der Waals surface area contributed by atoms with Gasteiger partial charge < -0.3 is 9.47 Å². The molecule has 5 heteroatoms. The van der Waals surface area contributed by atoms with Crippen LogP contribution >= 0.6 is 0 Å². The van der Waals surface area contributed by atoms with E-state index in [2.05, 4.69) is 34.3 Å². The molecule has 1 aliphatic carbocycles. The second-order valence-electron chi connectivity index (χ2n) is 7.61. The second-order valence-corrected chi connectivity index (χ2v) is 7.61. The Morgan fingerprint density at radius 2 is 1.92 bits per heavy atom. The van der Waals surface area contributed by atoms with Crippen molar-refractivity contribution in [2.45, 2.75) is 56.5 Å². The molecule has 0 spiro atoms. The van der Waals surface area contributed by atoms with Gasteiger partial charge in [0.15, 0.2) is 0 Å². The lowest BCUT2D eigenvalue weighted by Gasteiger charge is -2.43. The van der Waals surface area contributed by atoms with Gasteiger partial charge in [-0.05, 0) is 42.9 Å². The van der Waals surface area contributed by atoms with Crippen molar-refractivity contribution in [3.8, 4) is 0 Å². The van der Waals surface area contributed by atoms with Gasteiger partial charge in [0.1, 0.15) is 0 Å². The first kappa shape index (κ1) is 17.7. The van der Waals surface area contributed by atoms with Gasteiger partial charge in [0, 0.05) is 45.7 Å². The number of hydrogen-bond acceptors (Lipinski definition) is 4. The van der Waals surface area contributed by atoms with E-state index < -0.39 is 0 Å². The average Bonchev–Trinajstić information content (AvgIpc) is 3.31. The minimum absolute atomic E-state index is 0.00591. The van der Waals surface area contributed by atoms with E-state index in [1.807, 2.05) is 37.4 Å². The zero-order valence-corrected chi connectivity index (χ0v) is 15.8. The van der Waals surface area contributed by atoms with Crippen LogP contribution in [0.25, 0.3) is 0 Å². The Morgan fingerprint density at radius 1 is 1.12 bits per heavy atom. The molecule has 0 bridgehead atoms. The highest BCUT2D eigenvalue weighted by molar-refractivity contribution is 5.28. The maximum atomic E-state index is 6.07. The van der Waals surface area contributed by atoms with Gasteiger partial charge in [-0.15, -0.1) is 0 Å². The summed E-state index contributed by atoms with van der Waals surface area (Å²) in [5, 5.41) is 4.36. The number of aromatic nitrogens is 2. The van der Waals surface area contributed by atoms with Crippen LogP contribution in [0, 0.1) is 0 Å². The van der Waals surface area contributed by atoms with E-state index in [4.69, 9.17) is 9.47 Å². The molecule has 1 aromatic heterocycles. The number of nitrogens with zero attached hydrogens (tertiary/aromatic N) is 3. The molecule has 1 aliphatic heterocycles. The van der Waals surface area contributed by atoms with Crippen molar-refractivity contribution in [2.24, 2.45) is 0 Å². The van der Waals surface area contributed by atoms with Crippen LogP contribution in [0.5, 0.6) is 0 Å².